The molecule has 2 aromatic rings. The molecular weight excluding hydrogens is 230 g/mol. The van der Waals surface area contributed by atoms with Crippen molar-refractivity contribution in [3.8, 4) is 5.69 Å². The van der Waals surface area contributed by atoms with Crippen LogP contribution in [0.3, 0.4) is 0 Å². The lowest BCUT2D eigenvalue weighted by Crippen LogP contribution is -2.00. The second-order valence-corrected chi connectivity index (χ2v) is 3.56. The molecule has 1 heterocycles. The van der Waals surface area contributed by atoms with Crippen LogP contribution in [0.15, 0.2) is 35.1 Å². The number of hydrogen-bond donors (Lipinski definition) is 0. The summed E-state index contributed by atoms with van der Waals surface area (Å²) in [4.78, 5) is 1.61. The largest absolute Gasteiger partial charge is 0.156 e. The van der Waals surface area contributed by atoms with Crippen molar-refractivity contribution in [2.75, 3.05) is 0 Å². The molecule has 0 bridgehead atoms. The summed E-state index contributed by atoms with van der Waals surface area (Å²) in [7, 11) is 0. The summed E-state index contributed by atoms with van der Waals surface area (Å²) in [5.74, 6) is 0. The highest BCUT2D eigenvalue weighted by Crippen LogP contribution is 2.12. The van der Waals surface area contributed by atoms with Crippen LogP contribution in [0.2, 0.25) is 0 Å². The zero-order chi connectivity index (χ0) is 9.26. The lowest BCUT2D eigenvalue weighted by atomic mass is 10.2. The molecule has 0 unspecified atom stereocenters. The van der Waals surface area contributed by atoms with Crippen LogP contribution in [0, 0.1) is 6.92 Å². The molecule has 0 saturated carbocycles. The lowest BCUT2D eigenvalue weighted by molar-refractivity contribution is 0.743. The number of hydrogen-bond acceptors (Lipinski definition) is 2. The fraction of sp³-hybridized carbons (Fsp3) is 0.111. The molecule has 4 heteroatoms. The van der Waals surface area contributed by atoms with Crippen molar-refractivity contribution in [1.29, 1.82) is 0 Å². The summed E-state index contributed by atoms with van der Waals surface area (Å²) in [5, 5.41) is 8.27. The molecule has 1 aromatic heterocycles. The van der Waals surface area contributed by atoms with Gasteiger partial charge in [-0.2, -0.15) is 9.90 Å². The number of halogens is 1. The molecule has 13 heavy (non-hydrogen) atoms. The quantitative estimate of drug-likeness (QED) is 0.763. The molecule has 0 N–H and O–H groups in total. The SMILES string of the molecule is Cc1ccccc1-n1ncc(Br)n1. The first-order valence-electron chi connectivity index (χ1n) is 3.91. The van der Waals surface area contributed by atoms with Crippen molar-refractivity contribution >= 4 is 15.9 Å². The molecule has 0 fully saturated rings. The van der Waals surface area contributed by atoms with Gasteiger partial charge in [0, 0.05) is 0 Å². The fourth-order valence-electron chi connectivity index (χ4n) is 1.15. The molecule has 0 amide bonds. The van der Waals surface area contributed by atoms with Gasteiger partial charge in [-0.25, -0.2) is 0 Å². The lowest BCUT2D eigenvalue weighted by Gasteiger charge is -2.01. The van der Waals surface area contributed by atoms with Crippen LogP contribution < -0.4 is 0 Å². The standard InChI is InChI=1S/C9H8BrN3/c1-7-4-2-3-5-8(7)13-11-6-9(10)12-13/h2-6H,1H3. The van der Waals surface area contributed by atoms with Crippen molar-refractivity contribution < 1.29 is 0 Å². The maximum atomic E-state index is 4.16. The van der Waals surface area contributed by atoms with E-state index in [-0.39, 0.29) is 0 Å². The molecule has 66 valence electrons. The zero-order valence-electron chi connectivity index (χ0n) is 7.11. The van der Waals surface area contributed by atoms with E-state index in [1.807, 2.05) is 31.2 Å². The molecule has 0 radical (unpaired) electrons. The third-order valence-corrected chi connectivity index (χ3v) is 2.16. The summed E-state index contributed by atoms with van der Waals surface area (Å²) in [6, 6.07) is 7.99. The summed E-state index contributed by atoms with van der Waals surface area (Å²) < 4.78 is 0.746. The van der Waals surface area contributed by atoms with Crippen LogP contribution in [0.1, 0.15) is 5.56 Å². The van der Waals surface area contributed by atoms with E-state index in [0.717, 1.165) is 15.9 Å². The van der Waals surface area contributed by atoms with Crippen molar-refractivity contribution in [2.45, 2.75) is 6.92 Å². The molecule has 2 rings (SSSR count). The maximum Gasteiger partial charge on any atom is 0.148 e. The third kappa shape index (κ3) is 1.62. The molecule has 0 aliphatic rings. The molecule has 0 saturated heterocycles. The van der Waals surface area contributed by atoms with Crippen molar-refractivity contribution in [2.24, 2.45) is 0 Å². The Balaban J connectivity index is 2.52. The van der Waals surface area contributed by atoms with Crippen LogP contribution in [0.25, 0.3) is 5.69 Å². The van der Waals surface area contributed by atoms with E-state index in [0.29, 0.717) is 0 Å². The zero-order valence-corrected chi connectivity index (χ0v) is 8.69. The minimum absolute atomic E-state index is 0.746. The number of para-hydroxylation sites is 1. The van der Waals surface area contributed by atoms with Crippen molar-refractivity contribution in [3.05, 3.63) is 40.6 Å². The highest BCUT2D eigenvalue weighted by molar-refractivity contribution is 9.10. The molecule has 1 aromatic carbocycles. The Labute approximate surface area is 84.5 Å². The maximum absolute atomic E-state index is 4.16. The van der Waals surface area contributed by atoms with Crippen LogP contribution in [-0.2, 0) is 0 Å². The van der Waals surface area contributed by atoms with Crippen LogP contribution >= 0.6 is 15.9 Å². The summed E-state index contributed by atoms with van der Waals surface area (Å²) >= 11 is 3.26. The Morgan fingerprint density at radius 2 is 2.08 bits per heavy atom. The molecular formula is C9H8BrN3. The van der Waals surface area contributed by atoms with E-state index in [9.17, 15) is 0 Å². The van der Waals surface area contributed by atoms with E-state index in [4.69, 9.17) is 0 Å². The van der Waals surface area contributed by atoms with Crippen LogP contribution in [0.5, 0.6) is 0 Å². The Hall–Kier alpha value is -1.16. The van der Waals surface area contributed by atoms with Gasteiger partial charge in [0.25, 0.3) is 0 Å². The highest BCUT2D eigenvalue weighted by Gasteiger charge is 2.01. The Morgan fingerprint density at radius 3 is 2.69 bits per heavy atom. The number of aromatic nitrogens is 3. The van der Waals surface area contributed by atoms with Gasteiger partial charge in [-0.1, -0.05) is 18.2 Å². The van der Waals surface area contributed by atoms with Gasteiger partial charge in [0.2, 0.25) is 0 Å². The highest BCUT2D eigenvalue weighted by atomic mass is 79.9. The smallest absolute Gasteiger partial charge is 0.148 e. The van der Waals surface area contributed by atoms with E-state index in [1.165, 1.54) is 0 Å². The average Bonchev–Trinajstić information content (AvgIpc) is 2.53. The predicted octanol–water partition coefficient (Wildman–Crippen LogP) is 2.34. The van der Waals surface area contributed by atoms with Gasteiger partial charge >= 0.3 is 0 Å². The molecule has 0 spiro atoms. The van der Waals surface area contributed by atoms with Crippen molar-refractivity contribution in [3.63, 3.8) is 0 Å². The summed E-state index contributed by atoms with van der Waals surface area (Å²) in [6.45, 7) is 2.03. The summed E-state index contributed by atoms with van der Waals surface area (Å²) in [6.07, 6.45) is 1.67. The number of benzene rings is 1. The second-order valence-electron chi connectivity index (χ2n) is 2.74. The van der Waals surface area contributed by atoms with E-state index in [1.54, 1.807) is 11.0 Å². The first-order valence-corrected chi connectivity index (χ1v) is 4.70. The molecule has 0 aliphatic carbocycles. The van der Waals surface area contributed by atoms with Gasteiger partial charge in [0.05, 0.1) is 11.9 Å². The first-order chi connectivity index (χ1) is 6.27. The van der Waals surface area contributed by atoms with E-state index >= 15 is 0 Å². The van der Waals surface area contributed by atoms with Crippen LogP contribution in [-0.4, -0.2) is 15.0 Å². The van der Waals surface area contributed by atoms with E-state index < -0.39 is 0 Å². The number of aryl methyl sites for hydroxylation is 1. The van der Waals surface area contributed by atoms with Crippen LogP contribution in [0.4, 0.5) is 0 Å². The van der Waals surface area contributed by atoms with Gasteiger partial charge in [0.1, 0.15) is 4.60 Å². The molecule has 3 nitrogen and oxygen atoms in total. The van der Waals surface area contributed by atoms with Gasteiger partial charge in [0.15, 0.2) is 0 Å². The summed E-state index contributed by atoms with van der Waals surface area (Å²) in [5.41, 5.74) is 2.17. The first kappa shape index (κ1) is 8.44. The van der Waals surface area contributed by atoms with Crippen molar-refractivity contribution in [1.82, 2.24) is 15.0 Å². The third-order valence-electron chi connectivity index (χ3n) is 1.79. The van der Waals surface area contributed by atoms with Gasteiger partial charge in [-0.05, 0) is 34.5 Å². The van der Waals surface area contributed by atoms with Gasteiger partial charge < -0.3 is 0 Å². The molecule has 0 atom stereocenters. The minimum atomic E-state index is 0.746. The topological polar surface area (TPSA) is 30.7 Å². The molecule has 0 aliphatic heterocycles. The van der Waals surface area contributed by atoms with E-state index in [2.05, 4.69) is 26.1 Å². The fourth-order valence-corrected chi connectivity index (χ4v) is 1.39. The normalized spacial score (nSPS) is 10.3. The Kier molecular flexibility index (Phi) is 2.14. The number of nitrogens with zero attached hydrogens (tertiary/aromatic N) is 3. The minimum Gasteiger partial charge on any atom is -0.156 e. The Bertz CT molecular complexity index is 422. The number of rotatable bonds is 1. The van der Waals surface area contributed by atoms with Gasteiger partial charge in [-0.3, -0.25) is 0 Å². The van der Waals surface area contributed by atoms with Gasteiger partial charge in [-0.15, -0.1) is 5.10 Å². The monoisotopic (exact) mass is 237 g/mol. The Morgan fingerprint density at radius 1 is 1.31 bits per heavy atom. The average molecular weight is 238 g/mol. The second kappa shape index (κ2) is 3.30. The predicted molar refractivity (Wildman–Crippen MR) is 53.8 cm³/mol.